The number of hydrogen-bond acceptors (Lipinski definition) is 4. The molecule has 0 saturated carbocycles. The highest BCUT2D eigenvalue weighted by Gasteiger charge is 2.35. The van der Waals surface area contributed by atoms with Crippen LogP contribution < -0.4 is 5.32 Å². The molecule has 0 aliphatic carbocycles. The van der Waals surface area contributed by atoms with E-state index in [2.05, 4.69) is 31.3 Å². The van der Waals surface area contributed by atoms with Crippen molar-refractivity contribution in [3.63, 3.8) is 0 Å². The van der Waals surface area contributed by atoms with E-state index in [0.717, 1.165) is 12.0 Å². The smallest absolute Gasteiger partial charge is 0.272 e. The number of carbonyl (C=O) groups is 2. The Bertz CT molecular complexity index is 985. The summed E-state index contributed by atoms with van der Waals surface area (Å²) in [6.07, 6.45) is 1.34. The van der Waals surface area contributed by atoms with E-state index in [1.165, 1.54) is 23.8 Å². The normalized spacial score (nSPS) is 16.9. The van der Waals surface area contributed by atoms with Crippen LogP contribution in [0.5, 0.6) is 0 Å². The molecule has 0 radical (unpaired) electrons. The SMILES string of the molecule is Cc1cc(C(=O)N2CCCC2C(=O)NC(C)c2ccc(C(C)C)cc2)ccc1[N+](=O)[O-]. The molecule has 7 nitrogen and oxygen atoms in total. The lowest BCUT2D eigenvalue weighted by Crippen LogP contribution is -2.46. The maximum Gasteiger partial charge on any atom is 0.272 e. The molecule has 2 aromatic carbocycles. The molecule has 2 atom stereocenters. The third-order valence-corrected chi connectivity index (χ3v) is 5.92. The van der Waals surface area contributed by atoms with E-state index >= 15 is 0 Å². The van der Waals surface area contributed by atoms with Gasteiger partial charge in [0.1, 0.15) is 6.04 Å². The zero-order valence-electron chi connectivity index (χ0n) is 18.4. The molecule has 3 rings (SSSR count). The third kappa shape index (κ3) is 4.93. The van der Waals surface area contributed by atoms with Crippen LogP contribution in [0.3, 0.4) is 0 Å². The second-order valence-electron chi connectivity index (χ2n) is 8.47. The molecule has 0 bridgehead atoms. The Morgan fingerprint density at radius 3 is 2.32 bits per heavy atom. The molecule has 1 saturated heterocycles. The van der Waals surface area contributed by atoms with Crippen molar-refractivity contribution < 1.29 is 14.5 Å². The highest BCUT2D eigenvalue weighted by molar-refractivity contribution is 5.98. The van der Waals surface area contributed by atoms with Gasteiger partial charge in [-0.2, -0.15) is 0 Å². The predicted octanol–water partition coefficient (Wildman–Crippen LogP) is 4.51. The fourth-order valence-electron chi connectivity index (χ4n) is 4.00. The molecule has 1 fully saturated rings. The van der Waals surface area contributed by atoms with E-state index in [0.29, 0.717) is 30.0 Å². The summed E-state index contributed by atoms with van der Waals surface area (Å²) >= 11 is 0. The van der Waals surface area contributed by atoms with E-state index in [1.807, 2.05) is 19.1 Å². The molecule has 2 unspecified atom stereocenters. The minimum absolute atomic E-state index is 0.0235. The van der Waals surface area contributed by atoms with Crippen LogP contribution in [-0.4, -0.2) is 34.2 Å². The Kier molecular flexibility index (Phi) is 6.73. The van der Waals surface area contributed by atoms with Crippen LogP contribution in [0.2, 0.25) is 0 Å². The van der Waals surface area contributed by atoms with Crippen molar-refractivity contribution in [1.82, 2.24) is 10.2 Å². The molecular formula is C24H29N3O4. The van der Waals surface area contributed by atoms with Gasteiger partial charge in [0.05, 0.1) is 11.0 Å². The van der Waals surface area contributed by atoms with Gasteiger partial charge in [0.15, 0.2) is 0 Å². The molecule has 164 valence electrons. The second-order valence-corrected chi connectivity index (χ2v) is 8.47. The van der Waals surface area contributed by atoms with Crippen LogP contribution in [0.15, 0.2) is 42.5 Å². The maximum absolute atomic E-state index is 13.0. The minimum Gasteiger partial charge on any atom is -0.348 e. The number of hydrogen-bond donors (Lipinski definition) is 1. The number of nitrogens with one attached hydrogen (secondary N) is 1. The standard InChI is InChI=1S/C24H29N3O4/c1-15(2)18-7-9-19(10-8-18)17(4)25-23(28)22-6-5-13-26(22)24(29)20-11-12-21(27(30)31)16(3)14-20/h7-12,14-15,17,22H,5-6,13H2,1-4H3,(H,25,28). The van der Waals surface area contributed by atoms with Gasteiger partial charge in [0.2, 0.25) is 5.91 Å². The van der Waals surface area contributed by atoms with Gasteiger partial charge in [-0.3, -0.25) is 19.7 Å². The predicted molar refractivity (Wildman–Crippen MR) is 119 cm³/mol. The molecular weight excluding hydrogens is 394 g/mol. The van der Waals surface area contributed by atoms with Gasteiger partial charge in [0, 0.05) is 23.7 Å². The summed E-state index contributed by atoms with van der Waals surface area (Å²) in [6.45, 7) is 8.31. The fraction of sp³-hybridized carbons (Fsp3) is 0.417. The van der Waals surface area contributed by atoms with Crippen LogP contribution in [-0.2, 0) is 4.79 Å². The van der Waals surface area contributed by atoms with Crippen LogP contribution in [0.1, 0.15) is 72.6 Å². The molecule has 31 heavy (non-hydrogen) atoms. The van der Waals surface area contributed by atoms with Crippen molar-refractivity contribution in [2.75, 3.05) is 6.54 Å². The van der Waals surface area contributed by atoms with Gasteiger partial charge >= 0.3 is 0 Å². The molecule has 1 aliphatic rings. The van der Waals surface area contributed by atoms with Gasteiger partial charge in [-0.25, -0.2) is 0 Å². The van der Waals surface area contributed by atoms with Crippen molar-refractivity contribution in [1.29, 1.82) is 0 Å². The van der Waals surface area contributed by atoms with Crippen LogP contribution >= 0.6 is 0 Å². The summed E-state index contributed by atoms with van der Waals surface area (Å²) in [7, 11) is 0. The number of carbonyl (C=O) groups excluding carboxylic acids is 2. The molecule has 1 heterocycles. The molecule has 0 aromatic heterocycles. The fourth-order valence-corrected chi connectivity index (χ4v) is 4.00. The molecule has 0 spiro atoms. The molecule has 1 aliphatic heterocycles. The number of nitrogens with zero attached hydrogens (tertiary/aromatic N) is 2. The maximum atomic E-state index is 13.0. The largest absolute Gasteiger partial charge is 0.348 e. The lowest BCUT2D eigenvalue weighted by atomic mass is 9.99. The van der Waals surface area contributed by atoms with Gasteiger partial charge in [0.25, 0.3) is 11.6 Å². The van der Waals surface area contributed by atoms with Gasteiger partial charge < -0.3 is 10.2 Å². The van der Waals surface area contributed by atoms with Crippen LogP contribution in [0.4, 0.5) is 5.69 Å². The van der Waals surface area contributed by atoms with Gasteiger partial charge in [-0.1, -0.05) is 38.1 Å². The summed E-state index contributed by atoms with van der Waals surface area (Å²) in [6, 6.07) is 11.8. The third-order valence-electron chi connectivity index (χ3n) is 5.92. The Morgan fingerprint density at radius 2 is 1.74 bits per heavy atom. The van der Waals surface area contributed by atoms with E-state index in [9.17, 15) is 19.7 Å². The van der Waals surface area contributed by atoms with E-state index in [-0.39, 0.29) is 23.5 Å². The summed E-state index contributed by atoms with van der Waals surface area (Å²) in [5.74, 6) is -0.00503. The number of rotatable bonds is 6. The molecule has 2 amide bonds. The monoisotopic (exact) mass is 423 g/mol. The number of nitro groups is 1. The Balaban J connectivity index is 1.70. The van der Waals surface area contributed by atoms with Gasteiger partial charge in [-0.05, 0) is 55.9 Å². The summed E-state index contributed by atoms with van der Waals surface area (Å²) < 4.78 is 0. The second kappa shape index (κ2) is 9.29. The van der Waals surface area contributed by atoms with Crippen molar-refractivity contribution in [3.05, 3.63) is 74.8 Å². The minimum atomic E-state index is -0.541. The van der Waals surface area contributed by atoms with Gasteiger partial charge in [-0.15, -0.1) is 0 Å². The van der Waals surface area contributed by atoms with Crippen LogP contribution in [0, 0.1) is 17.0 Å². The van der Waals surface area contributed by atoms with Crippen molar-refractivity contribution in [3.8, 4) is 0 Å². The Hall–Kier alpha value is -3.22. The van der Waals surface area contributed by atoms with E-state index < -0.39 is 11.0 Å². The first-order valence-electron chi connectivity index (χ1n) is 10.6. The number of amides is 2. The highest BCUT2D eigenvalue weighted by Crippen LogP contribution is 2.25. The lowest BCUT2D eigenvalue weighted by Gasteiger charge is -2.26. The quantitative estimate of drug-likeness (QED) is 0.546. The first-order chi connectivity index (χ1) is 14.7. The topological polar surface area (TPSA) is 92.6 Å². The van der Waals surface area contributed by atoms with Crippen molar-refractivity contribution in [2.24, 2.45) is 0 Å². The average molecular weight is 424 g/mol. The van der Waals surface area contributed by atoms with E-state index in [1.54, 1.807) is 11.8 Å². The summed E-state index contributed by atoms with van der Waals surface area (Å²) in [5, 5.41) is 14.1. The van der Waals surface area contributed by atoms with Crippen molar-refractivity contribution >= 4 is 17.5 Å². The first kappa shape index (κ1) is 22.5. The first-order valence-corrected chi connectivity index (χ1v) is 10.6. The zero-order valence-corrected chi connectivity index (χ0v) is 18.4. The highest BCUT2D eigenvalue weighted by atomic mass is 16.6. The molecule has 2 aromatic rings. The number of nitro benzene ring substituents is 1. The number of benzene rings is 2. The average Bonchev–Trinajstić information content (AvgIpc) is 3.23. The lowest BCUT2D eigenvalue weighted by molar-refractivity contribution is -0.385. The number of aryl methyl sites for hydroxylation is 1. The van der Waals surface area contributed by atoms with E-state index in [4.69, 9.17) is 0 Å². The molecule has 7 heteroatoms. The Morgan fingerprint density at radius 1 is 1.10 bits per heavy atom. The van der Waals surface area contributed by atoms with Crippen LogP contribution in [0.25, 0.3) is 0 Å². The van der Waals surface area contributed by atoms with Crippen molar-refractivity contribution in [2.45, 2.75) is 58.5 Å². The summed E-state index contributed by atoms with van der Waals surface area (Å²) in [4.78, 5) is 38.1. The number of likely N-dealkylation sites (tertiary alicyclic amines) is 1. The summed E-state index contributed by atoms with van der Waals surface area (Å²) in [5.41, 5.74) is 3.02. The zero-order chi connectivity index (χ0) is 22.7. The molecule has 1 N–H and O–H groups in total. The Labute approximate surface area is 182 Å².